The second kappa shape index (κ2) is 7.37. The van der Waals surface area contributed by atoms with Gasteiger partial charge >= 0.3 is 6.18 Å². The minimum absolute atomic E-state index is 0.169. The molecule has 0 fully saturated rings. The number of amides is 1. The van der Waals surface area contributed by atoms with Gasteiger partial charge in [-0.25, -0.2) is 0 Å². The van der Waals surface area contributed by atoms with Crippen LogP contribution in [0.5, 0.6) is 0 Å². The number of carbonyl (C=O) groups excluding carboxylic acids is 1. The molecular formula is C13H15F3N2O2S. The molecule has 0 saturated heterocycles. The van der Waals surface area contributed by atoms with Crippen LogP contribution in [-0.4, -0.2) is 29.8 Å². The molecule has 1 amide bonds. The Morgan fingerprint density at radius 3 is 2.43 bits per heavy atom. The highest BCUT2D eigenvalue weighted by Gasteiger charge is 2.36. The van der Waals surface area contributed by atoms with Crippen LogP contribution in [0.25, 0.3) is 0 Å². The smallest absolute Gasteiger partial charge is 0.389 e. The van der Waals surface area contributed by atoms with Gasteiger partial charge < -0.3 is 15.8 Å². The van der Waals surface area contributed by atoms with Gasteiger partial charge in [-0.15, -0.1) is 0 Å². The van der Waals surface area contributed by atoms with Gasteiger partial charge in [0.05, 0.1) is 13.0 Å². The van der Waals surface area contributed by atoms with E-state index in [2.05, 4.69) is 10.1 Å². The third-order valence-corrected chi connectivity index (χ3v) is 2.85. The van der Waals surface area contributed by atoms with Crippen molar-refractivity contribution in [2.75, 3.05) is 11.9 Å². The van der Waals surface area contributed by atoms with E-state index in [1.807, 2.05) is 0 Å². The first-order chi connectivity index (χ1) is 9.70. The number of nitrogens with one attached hydrogen (secondary N) is 1. The minimum atomic E-state index is -4.42. The van der Waals surface area contributed by atoms with Gasteiger partial charge in [0, 0.05) is 11.3 Å². The normalized spacial score (nSPS) is 12.8. The van der Waals surface area contributed by atoms with E-state index < -0.39 is 18.2 Å². The first-order valence-corrected chi connectivity index (χ1v) is 6.49. The topological polar surface area (TPSA) is 64.3 Å². The van der Waals surface area contributed by atoms with Crippen LogP contribution in [-0.2, 0) is 9.53 Å². The number of alkyl halides is 3. The van der Waals surface area contributed by atoms with E-state index in [0.717, 1.165) is 6.92 Å². The predicted molar refractivity (Wildman–Crippen MR) is 77.0 cm³/mol. The number of hydrogen-bond acceptors (Lipinski definition) is 3. The number of benzene rings is 1. The number of nitrogens with two attached hydrogens (primary N) is 1. The second-order valence-corrected chi connectivity index (χ2v) is 4.73. The van der Waals surface area contributed by atoms with Crippen molar-refractivity contribution in [3.8, 4) is 0 Å². The molecule has 0 bridgehead atoms. The predicted octanol–water partition coefficient (Wildman–Crippen LogP) is 2.62. The molecule has 0 aliphatic carbocycles. The average molecular weight is 320 g/mol. The lowest BCUT2D eigenvalue weighted by atomic mass is 10.2. The molecular weight excluding hydrogens is 305 g/mol. The molecule has 1 aromatic carbocycles. The third-order valence-electron chi connectivity index (χ3n) is 2.61. The van der Waals surface area contributed by atoms with E-state index in [1.54, 1.807) is 24.3 Å². The highest BCUT2D eigenvalue weighted by Crippen LogP contribution is 2.22. The van der Waals surface area contributed by atoms with Crippen molar-refractivity contribution in [3.05, 3.63) is 29.8 Å². The number of anilines is 1. The molecule has 3 N–H and O–H groups in total. The van der Waals surface area contributed by atoms with E-state index >= 15 is 0 Å². The van der Waals surface area contributed by atoms with Gasteiger partial charge in [0.2, 0.25) is 5.91 Å². The van der Waals surface area contributed by atoms with Crippen LogP contribution in [0, 0.1) is 0 Å². The molecule has 1 unspecified atom stereocenters. The van der Waals surface area contributed by atoms with Gasteiger partial charge in [0.25, 0.3) is 0 Å². The molecule has 21 heavy (non-hydrogen) atoms. The summed E-state index contributed by atoms with van der Waals surface area (Å²) in [7, 11) is 0. The monoisotopic (exact) mass is 320 g/mol. The molecule has 0 radical (unpaired) electrons. The summed E-state index contributed by atoms with van der Waals surface area (Å²) in [6, 6.07) is 6.48. The summed E-state index contributed by atoms with van der Waals surface area (Å²) in [5.41, 5.74) is 6.59. The number of carbonyl (C=O) groups is 1. The van der Waals surface area contributed by atoms with Crippen molar-refractivity contribution >= 4 is 28.8 Å². The summed E-state index contributed by atoms with van der Waals surface area (Å²) >= 11 is 4.79. The minimum Gasteiger partial charge on any atom is -0.389 e. The van der Waals surface area contributed by atoms with Gasteiger partial charge in [-0.3, -0.25) is 4.79 Å². The lowest BCUT2D eigenvalue weighted by molar-refractivity contribution is -0.214. The Hall–Kier alpha value is -1.67. The maximum absolute atomic E-state index is 12.2. The average Bonchev–Trinajstić information content (AvgIpc) is 2.38. The molecule has 1 rings (SSSR count). The zero-order valence-corrected chi connectivity index (χ0v) is 12.1. The van der Waals surface area contributed by atoms with E-state index in [-0.39, 0.29) is 18.0 Å². The van der Waals surface area contributed by atoms with Crippen molar-refractivity contribution in [2.45, 2.75) is 25.6 Å². The van der Waals surface area contributed by atoms with Gasteiger partial charge in [-0.2, -0.15) is 13.2 Å². The second-order valence-electron chi connectivity index (χ2n) is 4.29. The SMILES string of the molecule is CC(OCCC(=O)Nc1ccc(C(N)=S)cc1)C(F)(F)F. The summed E-state index contributed by atoms with van der Waals surface area (Å²) in [4.78, 5) is 11.8. The third kappa shape index (κ3) is 6.09. The number of thiocarbonyl (C=S) groups is 1. The number of halogens is 3. The van der Waals surface area contributed by atoms with E-state index in [1.165, 1.54) is 0 Å². The Morgan fingerprint density at radius 2 is 1.95 bits per heavy atom. The van der Waals surface area contributed by atoms with Crippen molar-refractivity contribution in [1.29, 1.82) is 0 Å². The molecule has 8 heteroatoms. The van der Waals surface area contributed by atoms with E-state index in [9.17, 15) is 18.0 Å². The molecule has 116 valence electrons. The first-order valence-electron chi connectivity index (χ1n) is 6.08. The van der Waals surface area contributed by atoms with Crippen LogP contribution in [0.4, 0.5) is 18.9 Å². The Balaban J connectivity index is 2.39. The highest BCUT2D eigenvalue weighted by atomic mass is 32.1. The Labute approximate surface area is 125 Å². The molecule has 0 aromatic heterocycles. The standard InChI is InChI=1S/C13H15F3N2O2S/c1-8(13(14,15)16)20-7-6-11(19)18-10-4-2-9(3-5-10)12(17)21/h2-5,8H,6-7H2,1H3,(H2,17,21)(H,18,19). The quantitative estimate of drug-likeness (QED) is 0.791. The summed E-state index contributed by atoms with van der Waals surface area (Å²) in [5.74, 6) is -0.438. The largest absolute Gasteiger partial charge is 0.414 e. The Morgan fingerprint density at radius 1 is 1.38 bits per heavy atom. The van der Waals surface area contributed by atoms with Crippen molar-refractivity contribution in [1.82, 2.24) is 0 Å². The molecule has 0 spiro atoms. The summed E-state index contributed by atoms with van der Waals surface area (Å²) in [6.45, 7) is 0.587. The lowest BCUT2D eigenvalue weighted by Crippen LogP contribution is -2.29. The molecule has 0 aliphatic heterocycles. The van der Waals surface area contributed by atoms with Crippen molar-refractivity contribution in [2.24, 2.45) is 5.73 Å². The number of hydrogen-bond donors (Lipinski definition) is 2. The molecule has 0 aliphatic rings. The molecule has 0 saturated carbocycles. The van der Waals surface area contributed by atoms with Crippen molar-refractivity contribution < 1.29 is 22.7 Å². The zero-order chi connectivity index (χ0) is 16.0. The van der Waals surface area contributed by atoms with Gasteiger partial charge in [0.15, 0.2) is 6.10 Å². The highest BCUT2D eigenvalue weighted by molar-refractivity contribution is 7.80. The van der Waals surface area contributed by atoms with Crippen LogP contribution >= 0.6 is 12.2 Å². The summed E-state index contributed by atoms with van der Waals surface area (Å²) in [6.07, 6.45) is -6.49. The van der Waals surface area contributed by atoms with Crippen LogP contribution in [0.1, 0.15) is 18.9 Å². The van der Waals surface area contributed by atoms with Crippen LogP contribution in [0.3, 0.4) is 0 Å². The van der Waals surface area contributed by atoms with Gasteiger partial charge in [0.1, 0.15) is 4.99 Å². The fourth-order valence-electron chi connectivity index (χ4n) is 1.36. The fourth-order valence-corrected chi connectivity index (χ4v) is 1.50. The first kappa shape index (κ1) is 17.4. The van der Waals surface area contributed by atoms with Gasteiger partial charge in [-0.05, 0) is 31.2 Å². The summed E-state index contributed by atoms with van der Waals surface area (Å²) < 4.78 is 41.1. The van der Waals surface area contributed by atoms with E-state index in [0.29, 0.717) is 11.3 Å². The molecule has 4 nitrogen and oxygen atoms in total. The van der Waals surface area contributed by atoms with Crippen LogP contribution in [0.15, 0.2) is 24.3 Å². The number of ether oxygens (including phenoxy) is 1. The maximum Gasteiger partial charge on any atom is 0.414 e. The molecule has 0 heterocycles. The molecule has 1 atom stereocenters. The maximum atomic E-state index is 12.2. The molecule has 1 aromatic rings. The Kier molecular flexibility index (Phi) is 6.10. The Bertz CT molecular complexity index is 503. The zero-order valence-electron chi connectivity index (χ0n) is 11.2. The van der Waals surface area contributed by atoms with Gasteiger partial charge in [-0.1, -0.05) is 12.2 Å². The van der Waals surface area contributed by atoms with E-state index in [4.69, 9.17) is 18.0 Å². The summed E-state index contributed by atoms with van der Waals surface area (Å²) in [5, 5.41) is 2.54. The lowest BCUT2D eigenvalue weighted by Gasteiger charge is -2.16. The van der Waals surface area contributed by atoms with Crippen LogP contribution < -0.4 is 11.1 Å². The fraction of sp³-hybridized carbons (Fsp3) is 0.385. The number of rotatable bonds is 6. The van der Waals surface area contributed by atoms with Crippen molar-refractivity contribution in [3.63, 3.8) is 0 Å². The van der Waals surface area contributed by atoms with Crippen LogP contribution in [0.2, 0.25) is 0 Å².